The SMILES string of the molecule is CC1(C)CCn2nc(C(=O)N[C@H]3COc4ccc(-c5ccc(C#N)nc5)cc4C3)cc2O1. The largest absolute Gasteiger partial charge is 0.491 e. The highest BCUT2D eigenvalue weighted by molar-refractivity contribution is 5.92. The van der Waals surface area contributed by atoms with Crippen LogP contribution in [0.5, 0.6) is 11.6 Å². The van der Waals surface area contributed by atoms with Crippen molar-refractivity contribution in [3.63, 3.8) is 0 Å². The van der Waals surface area contributed by atoms with Gasteiger partial charge in [-0.05, 0) is 55.7 Å². The van der Waals surface area contributed by atoms with E-state index in [1.165, 1.54) is 0 Å². The lowest BCUT2D eigenvalue weighted by Crippen LogP contribution is -2.42. The lowest BCUT2D eigenvalue weighted by Gasteiger charge is -2.30. The van der Waals surface area contributed by atoms with Crippen molar-refractivity contribution in [3.8, 4) is 28.8 Å². The molecule has 0 aliphatic carbocycles. The molecule has 0 spiro atoms. The lowest BCUT2D eigenvalue weighted by atomic mass is 9.97. The Balaban J connectivity index is 1.29. The third-order valence-electron chi connectivity index (χ3n) is 5.80. The average Bonchev–Trinajstić information content (AvgIpc) is 3.21. The highest BCUT2D eigenvalue weighted by Gasteiger charge is 2.30. The molecule has 8 heteroatoms. The van der Waals surface area contributed by atoms with E-state index >= 15 is 0 Å². The van der Waals surface area contributed by atoms with Crippen LogP contribution in [0.1, 0.15) is 42.0 Å². The summed E-state index contributed by atoms with van der Waals surface area (Å²) in [6.45, 7) is 5.18. The van der Waals surface area contributed by atoms with Gasteiger partial charge in [-0.3, -0.25) is 4.79 Å². The molecule has 0 bridgehead atoms. The Morgan fingerprint density at radius 1 is 1.25 bits per heavy atom. The molecule has 2 aliphatic rings. The molecule has 0 saturated heterocycles. The number of amides is 1. The van der Waals surface area contributed by atoms with E-state index in [1.807, 2.05) is 44.2 Å². The molecule has 4 heterocycles. The molecule has 0 fully saturated rings. The average molecular weight is 429 g/mol. The Hall–Kier alpha value is -3.86. The van der Waals surface area contributed by atoms with Gasteiger partial charge >= 0.3 is 0 Å². The molecule has 0 unspecified atom stereocenters. The molecule has 2 aromatic heterocycles. The minimum absolute atomic E-state index is 0.166. The summed E-state index contributed by atoms with van der Waals surface area (Å²) in [5.74, 6) is 1.20. The molecule has 1 atom stereocenters. The fraction of sp³-hybridized carbons (Fsp3) is 0.333. The van der Waals surface area contributed by atoms with Crippen molar-refractivity contribution in [3.05, 3.63) is 59.5 Å². The minimum atomic E-state index is -0.257. The van der Waals surface area contributed by atoms with Crippen LogP contribution >= 0.6 is 0 Å². The molecule has 1 amide bonds. The summed E-state index contributed by atoms with van der Waals surface area (Å²) in [6.07, 6.45) is 3.18. The number of aromatic nitrogens is 3. The first-order chi connectivity index (χ1) is 15.4. The topological polar surface area (TPSA) is 102 Å². The van der Waals surface area contributed by atoms with E-state index in [0.717, 1.165) is 35.4 Å². The molecule has 162 valence electrons. The molecule has 1 N–H and O–H groups in total. The van der Waals surface area contributed by atoms with Crippen molar-refractivity contribution >= 4 is 5.91 Å². The maximum Gasteiger partial charge on any atom is 0.272 e. The molecular weight excluding hydrogens is 406 g/mol. The van der Waals surface area contributed by atoms with E-state index in [1.54, 1.807) is 23.0 Å². The Bertz CT molecular complexity index is 1220. The third kappa shape index (κ3) is 3.89. The molecule has 0 saturated carbocycles. The number of aryl methyl sites for hydroxylation is 1. The molecular formula is C24H23N5O3. The molecule has 3 aromatic rings. The summed E-state index contributed by atoms with van der Waals surface area (Å²) in [7, 11) is 0. The number of hydrogen-bond acceptors (Lipinski definition) is 6. The van der Waals surface area contributed by atoms with Gasteiger partial charge in [-0.2, -0.15) is 10.4 Å². The Labute approximate surface area is 185 Å². The van der Waals surface area contributed by atoms with Crippen LogP contribution in [0.25, 0.3) is 11.1 Å². The Kier molecular flexibility index (Phi) is 4.82. The van der Waals surface area contributed by atoms with E-state index in [0.29, 0.717) is 30.3 Å². The number of nitrogens with zero attached hydrogens (tertiary/aromatic N) is 4. The van der Waals surface area contributed by atoms with Gasteiger partial charge in [-0.1, -0.05) is 6.07 Å². The predicted molar refractivity (Wildman–Crippen MR) is 116 cm³/mol. The number of fused-ring (bicyclic) bond motifs is 2. The number of hydrogen-bond donors (Lipinski definition) is 1. The van der Waals surface area contributed by atoms with Crippen LogP contribution in [0.15, 0.2) is 42.6 Å². The van der Waals surface area contributed by atoms with Crippen molar-refractivity contribution < 1.29 is 14.3 Å². The smallest absolute Gasteiger partial charge is 0.272 e. The van der Waals surface area contributed by atoms with Crippen LogP contribution in [0.2, 0.25) is 0 Å². The van der Waals surface area contributed by atoms with E-state index < -0.39 is 0 Å². The summed E-state index contributed by atoms with van der Waals surface area (Å²) in [5.41, 5.74) is 3.39. The normalized spacial score (nSPS) is 18.3. The zero-order chi connectivity index (χ0) is 22.3. The number of nitriles is 1. The second-order valence-corrected chi connectivity index (χ2v) is 8.75. The first-order valence-electron chi connectivity index (χ1n) is 10.6. The first-order valence-corrected chi connectivity index (χ1v) is 10.6. The van der Waals surface area contributed by atoms with Crippen LogP contribution < -0.4 is 14.8 Å². The summed E-state index contributed by atoms with van der Waals surface area (Å²) in [4.78, 5) is 17.0. The van der Waals surface area contributed by atoms with Gasteiger partial charge < -0.3 is 14.8 Å². The first kappa shape index (κ1) is 20.1. The number of carbonyl (C=O) groups excluding carboxylic acids is 1. The zero-order valence-corrected chi connectivity index (χ0v) is 18.0. The lowest BCUT2D eigenvalue weighted by molar-refractivity contribution is 0.0535. The molecule has 8 nitrogen and oxygen atoms in total. The van der Waals surface area contributed by atoms with Crippen molar-refractivity contribution in [2.45, 2.75) is 44.9 Å². The van der Waals surface area contributed by atoms with Gasteiger partial charge in [0.05, 0.1) is 6.04 Å². The number of nitrogens with one attached hydrogen (secondary N) is 1. The van der Waals surface area contributed by atoms with Crippen molar-refractivity contribution in [2.75, 3.05) is 6.61 Å². The zero-order valence-electron chi connectivity index (χ0n) is 18.0. The van der Waals surface area contributed by atoms with Gasteiger partial charge in [0.25, 0.3) is 5.91 Å². The highest BCUT2D eigenvalue weighted by atomic mass is 16.5. The van der Waals surface area contributed by atoms with Crippen LogP contribution in [0.4, 0.5) is 0 Å². The van der Waals surface area contributed by atoms with Crippen molar-refractivity contribution in [1.29, 1.82) is 5.26 Å². The van der Waals surface area contributed by atoms with Crippen LogP contribution in [-0.2, 0) is 13.0 Å². The minimum Gasteiger partial charge on any atom is -0.491 e. The summed E-state index contributed by atoms with van der Waals surface area (Å²) < 4.78 is 13.6. The molecule has 32 heavy (non-hydrogen) atoms. The molecule has 0 radical (unpaired) electrons. The summed E-state index contributed by atoms with van der Waals surface area (Å²) in [5, 5.41) is 16.4. The number of benzene rings is 1. The molecule has 1 aromatic carbocycles. The number of ether oxygens (including phenoxy) is 2. The third-order valence-corrected chi connectivity index (χ3v) is 5.80. The van der Waals surface area contributed by atoms with E-state index in [4.69, 9.17) is 14.7 Å². The monoisotopic (exact) mass is 429 g/mol. The molecule has 5 rings (SSSR count). The standard InChI is InChI=1S/C24H23N5O3/c1-24(2)7-8-29-22(32-24)11-20(28-29)23(30)27-19-10-17-9-15(4-6-21(17)31-14-19)16-3-5-18(12-25)26-13-16/h3-6,9,11,13,19H,7-8,10,14H2,1-2H3,(H,27,30)/t19-/m1/s1. The molecule has 2 aliphatic heterocycles. The van der Waals surface area contributed by atoms with E-state index in [2.05, 4.69) is 15.4 Å². The van der Waals surface area contributed by atoms with Crippen LogP contribution in [-0.4, -0.2) is 38.9 Å². The number of pyridine rings is 1. The maximum atomic E-state index is 12.8. The van der Waals surface area contributed by atoms with Gasteiger partial charge in [0.1, 0.15) is 29.7 Å². The van der Waals surface area contributed by atoms with Gasteiger partial charge in [-0.25, -0.2) is 9.67 Å². The quantitative estimate of drug-likeness (QED) is 0.686. The van der Waals surface area contributed by atoms with Crippen molar-refractivity contribution in [1.82, 2.24) is 20.1 Å². The van der Waals surface area contributed by atoms with Gasteiger partial charge in [0, 0.05) is 30.8 Å². The fourth-order valence-corrected chi connectivity index (χ4v) is 4.02. The van der Waals surface area contributed by atoms with Gasteiger partial charge in [0.15, 0.2) is 5.69 Å². The highest BCUT2D eigenvalue weighted by Crippen LogP contribution is 2.31. The number of rotatable bonds is 3. The maximum absolute atomic E-state index is 12.8. The van der Waals surface area contributed by atoms with Crippen LogP contribution in [0.3, 0.4) is 0 Å². The van der Waals surface area contributed by atoms with Gasteiger partial charge in [-0.15, -0.1) is 0 Å². The fourth-order valence-electron chi connectivity index (χ4n) is 4.02. The van der Waals surface area contributed by atoms with E-state index in [9.17, 15) is 4.79 Å². The predicted octanol–water partition coefficient (Wildman–Crippen LogP) is 3.11. The number of carbonyl (C=O) groups is 1. The summed E-state index contributed by atoms with van der Waals surface area (Å²) in [6, 6.07) is 13.1. The van der Waals surface area contributed by atoms with E-state index in [-0.39, 0.29) is 17.6 Å². The van der Waals surface area contributed by atoms with Crippen molar-refractivity contribution in [2.24, 2.45) is 0 Å². The Morgan fingerprint density at radius 2 is 2.09 bits per heavy atom. The van der Waals surface area contributed by atoms with Crippen LogP contribution in [0, 0.1) is 11.3 Å². The Morgan fingerprint density at radius 3 is 2.88 bits per heavy atom. The van der Waals surface area contributed by atoms with Gasteiger partial charge in [0.2, 0.25) is 5.88 Å². The second kappa shape index (κ2) is 7.68. The summed E-state index contributed by atoms with van der Waals surface area (Å²) >= 11 is 0. The second-order valence-electron chi connectivity index (χ2n) is 8.75.